The van der Waals surface area contributed by atoms with Gasteiger partial charge in [0.05, 0.1) is 24.6 Å². The largest absolute Gasteiger partial charge is 0.383 e. The van der Waals surface area contributed by atoms with E-state index in [1.165, 1.54) is 6.07 Å². The zero-order valence-corrected chi connectivity index (χ0v) is 22.1. The maximum Gasteiger partial charge on any atom is 0.317 e. The summed E-state index contributed by atoms with van der Waals surface area (Å²) in [5.74, 6) is -0.109. The number of anilines is 1. The van der Waals surface area contributed by atoms with Gasteiger partial charge in [0.25, 0.3) is 0 Å². The summed E-state index contributed by atoms with van der Waals surface area (Å²) in [6.07, 6.45) is 5.13. The zero-order chi connectivity index (χ0) is 28.1. The second kappa shape index (κ2) is 11.9. The number of pyridine rings is 1. The van der Waals surface area contributed by atoms with Crippen LogP contribution in [-0.2, 0) is 4.74 Å². The Morgan fingerprint density at radius 2 is 1.98 bits per heavy atom. The number of carbonyl (C=O) groups excluding carboxylic acids is 1. The summed E-state index contributed by atoms with van der Waals surface area (Å²) in [4.78, 5) is 25.9. The van der Waals surface area contributed by atoms with Crippen LogP contribution in [0, 0.1) is 11.2 Å². The Kier molecular flexibility index (Phi) is 7.97. The van der Waals surface area contributed by atoms with E-state index < -0.39 is 0 Å². The number of morpholine rings is 1. The Morgan fingerprint density at radius 3 is 2.75 bits per heavy atom. The molecule has 0 bridgehead atoms. The number of ether oxygens (including phenoxy) is 1. The van der Waals surface area contributed by atoms with Gasteiger partial charge in [-0.05, 0) is 35.4 Å². The molecule has 0 radical (unpaired) electrons. The van der Waals surface area contributed by atoms with E-state index in [1.807, 2.05) is 30.3 Å². The highest BCUT2D eigenvalue weighted by Gasteiger charge is 2.18. The topological polar surface area (TPSA) is 132 Å². The molecule has 0 aliphatic carbocycles. The molecule has 0 saturated carbocycles. The van der Waals surface area contributed by atoms with Crippen LogP contribution in [0.1, 0.15) is 16.8 Å². The molecule has 1 aliphatic heterocycles. The number of nitrogens with two attached hydrogens (primary N) is 1. The molecule has 1 fully saturated rings. The minimum Gasteiger partial charge on any atom is -0.383 e. The first-order chi connectivity index (χ1) is 19.5. The van der Waals surface area contributed by atoms with Gasteiger partial charge in [0.2, 0.25) is 0 Å². The molecule has 5 rings (SSSR count). The number of fused-ring (bicyclic) bond motifs is 1. The monoisotopic (exact) mass is 539 g/mol. The highest BCUT2D eigenvalue weighted by atomic mass is 19.1. The van der Waals surface area contributed by atoms with Crippen LogP contribution in [0.4, 0.5) is 15.0 Å². The van der Waals surface area contributed by atoms with E-state index in [0.29, 0.717) is 48.7 Å². The van der Waals surface area contributed by atoms with Crippen LogP contribution in [0.5, 0.6) is 0 Å². The second-order valence-electron chi connectivity index (χ2n) is 9.29. The van der Waals surface area contributed by atoms with Crippen LogP contribution in [0.2, 0.25) is 0 Å². The quantitative estimate of drug-likeness (QED) is 0.258. The van der Waals surface area contributed by atoms with Crippen LogP contribution >= 0.6 is 0 Å². The zero-order valence-electron chi connectivity index (χ0n) is 22.1. The van der Waals surface area contributed by atoms with Crippen molar-refractivity contribution in [2.24, 2.45) is 4.99 Å². The summed E-state index contributed by atoms with van der Waals surface area (Å²) < 4.78 is 19.9. The first-order valence-corrected chi connectivity index (χ1v) is 12.9. The molecule has 0 spiro atoms. The number of aromatic nitrogens is 2. The van der Waals surface area contributed by atoms with Crippen LogP contribution < -0.4 is 11.1 Å². The van der Waals surface area contributed by atoms with Gasteiger partial charge < -0.3 is 25.7 Å². The fraction of sp³-hybridized carbons (Fsp3) is 0.200. The number of rotatable bonds is 7. The number of nitrogens with zero attached hydrogens (tertiary/aromatic N) is 3. The first-order valence-electron chi connectivity index (χ1n) is 12.9. The number of hydrogen-bond donors (Lipinski definition) is 4. The molecule has 4 aromatic rings. The summed E-state index contributed by atoms with van der Waals surface area (Å²) in [5, 5.41) is 12.7. The average Bonchev–Trinajstić information content (AvgIpc) is 3.42. The lowest BCUT2D eigenvalue weighted by Crippen LogP contribution is -2.46. The van der Waals surface area contributed by atoms with E-state index in [0.717, 1.165) is 22.0 Å². The molecular weight excluding hydrogens is 509 g/mol. The van der Waals surface area contributed by atoms with E-state index in [2.05, 4.69) is 20.3 Å². The third-order valence-corrected chi connectivity index (χ3v) is 6.76. The number of H-pyrrole nitrogens is 1. The molecule has 10 heteroatoms. The number of aromatic amines is 1. The summed E-state index contributed by atoms with van der Waals surface area (Å²) in [7, 11) is 1.66. The van der Waals surface area contributed by atoms with Crippen molar-refractivity contribution in [1.29, 1.82) is 5.41 Å². The molecule has 2 amide bonds. The number of carbonyl (C=O) groups is 1. The minimum atomic E-state index is -0.313. The van der Waals surface area contributed by atoms with Crippen molar-refractivity contribution in [3.05, 3.63) is 89.5 Å². The van der Waals surface area contributed by atoms with Gasteiger partial charge in [-0.3, -0.25) is 10.4 Å². The van der Waals surface area contributed by atoms with Gasteiger partial charge in [0.15, 0.2) is 0 Å². The number of hydrogen-bond acceptors (Lipinski definition) is 6. The molecule has 9 nitrogen and oxygen atoms in total. The van der Waals surface area contributed by atoms with Crippen LogP contribution in [-0.4, -0.2) is 72.7 Å². The van der Waals surface area contributed by atoms with E-state index in [-0.39, 0.29) is 29.9 Å². The summed E-state index contributed by atoms with van der Waals surface area (Å²) in [6, 6.07) is 15.7. The number of aliphatic imine (C=N–C) groups is 1. The van der Waals surface area contributed by atoms with Gasteiger partial charge in [-0.15, -0.1) is 0 Å². The summed E-state index contributed by atoms with van der Waals surface area (Å²) in [5.41, 5.74) is 10.7. The van der Waals surface area contributed by atoms with Gasteiger partial charge in [-0.1, -0.05) is 36.4 Å². The van der Waals surface area contributed by atoms with E-state index >= 15 is 0 Å². The van der Waals surface area contributed by atoms with E-state index in [9.17, 15) is 9.18 Å². The number of urea groups is 1. The minimum absolute atomic E-state index is 0.149. The van der Waals surface area contributed by atoms with Crippen molar-refractivity contribution in [3.63, 3.8) is 0 Å². The molecule has 0 unspecified atom stereocenters. The maximum atomic E-state index is 14.6. The predicted octanol–water partition coefficient (Wildman–Crippen LogP) is 4.49. The van der Waals surface area contributed by atoms with Crippen LogP contribution in [0.25, 0.3) is 27.6 Å². The normalized spacial score (nSPS) is 14.2. The highest BCUT2D eigenvalue weighted by Crippen LogP contribution is 2.32. The van der Waals surface area contributed by atoms with Crippen molar-refractivity contribution in [2.75, 3.05) is 45.6 Å². The van der Waals surface area contributed by atoms with Crippen LogP contribution in [0.3, 0.4) is 0 Å². The van der Waals surface area contributed by atoms with Gasteiger partial charge in [-0.2, -0.15) is 0 Å². The van der Waals surface area contributed by atoms with E-state index in [4.69, 9.17) is 15.9 Å². The molecule has 1 aliphatic rings. The SMILES string of the molecule is C/N=C\C(=C/CNC(=O)N1CCOCC1)c1cnc(N)c(C(=N)c2cc3c(-c4ccccc4F)cccc3[nH]2)c1. The maximum absolute atomic E-state index is 14.6. The second-order valence-corrected chi connectivity index (χ2v) is 9.29. The number of benzene rings is 2. The Labute approximate surface area is 231 Å². The van der Waals surface area contributed by atoms with Gasteiger partial charge in [0.1, 0.15) is 11.6 Å². The average molecular weight is 540 g/mol. The summed E-state index contributed by atoms with van der Waals surface area (Å²) >= 11 is 0. The Morgan fingerprint density at radius 1 is 1.20 bits per heavy atom. The molecule has 40 heavy (non-hydrogen) atoms. The molecule has 3 heterocycles. The van der Waals surface area contributed by atoms with Crippen LogP contribution in [0.15, 0.2) is 71.9 Å². The smallest absolute Gasteiger partial charge is 0.317 e. The molecule has 5 N–H and O–H groups in total. The van der Waals surface area contributed by atoms with Crippen molar-refractivity contribution < 1.29 is 13.9 Å². The fourth-order valence-electron chi connectivity index (χ4n) is 4.69. The van der Waals surface area contributed by atoms with Crippen molar-refractivity contribution in [2.45, 2.75) is 0 Å². The number of halogens is 1. The lowest BCUT2D eigenvalue weighted by molar-refractivity contribution is 0.0534. The number of allylic oxidation sites excluding steroid dienone is 1. The fourth-order valence-corrected chi connectivity index (χ4v) is 4.69. The van der Waals surface area contributed by atoms with Crippen molar-refractivity contribution in [1.82, 2.24) is 20.2 Å². The predicted molar refractivity (Wildman–Crippen MR) is 156 cm³/mol. The third-order valence-electron chi connectivity index (χ3n) is 6.76. The van der Waals surface area contributed by atoms with E-state index in [1.54, 1.807) is 48.6 Å². The highest BCUT2D eigenvalue weighted by molar-refractivity contribution is 6.16. The molecular formula is C30H30FN7O2. The Bertz CT molecular complexity index is 1620. The molecule has 2 aromatic heterocycles. The lowest BCUT2D eigenvalue weighted by atomic mass is 10.00. The lowest BCUT2D eigenvalue weighted by Gasteiger charge is -2.26. The number of nitrogens with one attached hydrogen (secondary N) is 3. The summed E-state index contributed by atoms with van der Waals surface area (Å²) in [6.45, 7) is 2.46. The Hall–Kier alpha value is -4.83. The van der Waals surface area contributed by atoms with Crippen molar-refractivity contribution in [3.8, 4) is 11.1 Å². The first kappa shape index (κ1) is 26.8. The van der Waals surface area contributed by atoms with Gasteiger partial charge in [0, 0.05) is 66.7 Å². The van der Waals surface area contributed by atoms with Gasteiger partial charge in [-0.25, -0.2) is 14.2 Å². The molecule has 1 saturated heterocycles. The molecule has 0 atom stereocenters. The third kappa shape index (κ3) is 5.62. The number of nitrogen functional groups attached to an aromatic ring is 1. The van der Waals surface area contributed by atoms with Gasteiger partial charge >= 0.3 is 6.03 Å². The molecule has 2 aromatic carbocycles. The Balaban J connectivity index is 1.42. The molecule has 204 valence electrons. The number of amides is 2. The van der Waals surface area contributed by atoms with Crippen molar-refractivity contribution >= 4 is 40.3 Å². The standard InChI is InChI=1S/C30H30FN7O2/c1-34-17-19(9-10-35-30(39)38-11-13-40-14-12-38)20-15-24(29(33)36-18-20)28(32)27-16-23-21(6-4-8-26(23)37-27)22-5-2-3-7-25(22)31/h2-9,15-18,32,37H,10-14H2,1H3,(H2,33,36)(H,35,39)/b19-9+,32-28?,34-17-.